The van der Waals surface area contributed by atoms with Crippen LogP contribution in [0.4, 0.5) is 13.2 Å². The van der Waals surface area contributed by atoms with Gasteiger partial charge in [0.05, 0.1) is 18.6 Å². The number of carbonyl (C=O) groups is 1. The maximum atomic E-state index is 12.6. The van der Waals surface area contributed by atoms with Gasteiger partial charge in [-0.05, 0) is 0 Å². The number of aromatic nitrogens is 4. The summed E-state index contributed by atoms with van der Waals surface area (Å²) in [5.74, 6) is -0.958. The van der Waals surface area contributed by atoms with Crippen molar-refractivity contribution >= 4 is 17.5 Å². The molecule has 1 N–H and O–H groups in total. The average Bonchev–Trinajstić information content (AvgIpc) is 2.89. The van der Waals surface area contributed by atoms with Crippen molar-refractivity contribution in [2.75, 3.05) is 6.54 Å². The number of alkyl halides is 3. The molecule has 0 aromatic carbocycles. The molecule has 0 atom stereocenters. The van der Waals surface area contributed by atoms with Gasteiger partial charge in [-0.25, -0.2) is 15.0 Å². The predicted molar refractivity (Wildman–Crippen MR) is 66.4 cm³/mol. The second kappa shape index (κ2) is 6.08. The molecular formula is C11H9ClF3N5O. The van der Waals surface area contributed by atoms with Crippen molar-refractivity contribution in [2.24, 2.45) is 0 Å². The summed E-state index contributed by atoms with van der Waals surface area (Å²) in [5, 5.41) is -0.251. The van der Waals surface area contributed by atoms with E-state index in [2.05, 4.69) is 19.9 Å². The molecule has 2 aromatic rings. The van der Waals surface area contributed by atoms with E-state index in [4.69, 9.17) is 11.6 Å². The zero-order valence-corrected chi connectivity index (χ0v) is 11.2. The zero-order valence-electron chi connectivity index (χ0n) is 10.4. The second-order valence-corrected chi connectivity index (χ2v) is 4.41. The first-order valence-corrected chi connectivity index (χ1v) is 6.04. The monoisotopic (exact) mass is 319 g/mol. The van der Waals surface area contributed by atoms with Crippen LogP contribution in [0, 0.1) is 0 Å². The van der Waals surface area contributed by atoms with Crippen LogP contribution in [0.3, 0.4) is 0 Å². The van der Waals surface area contributed by atoms with E-state index in [0.29, 0.717) is 10.6 Å². The molecule has 0 radical (unpaired) electrons. The third-order valence-electron chi connectivity index (χ3n) is 2.43. The van der Waals surface area contributed by atoms with Crippen LogP contribution in [0.2, 0.25) is 5.15 Å². The molecule has 1 amide bonds. The fraction of sp³-hybridized carbons (Fsp3) is 0.273. The van der Waals surface area contributed by atoms with Crippen LogP contribution in [0.1, 0.15) is 16.2 Å². The Morgan fingerprint density at radius 3 is 2.62 bits per heavy atom. The quantitative estimate of drug-likeness (QED) is 0.936. The Kier molecular flexibility index (Phi) is 4.41. The Balaban J connectivity index is 2.26. The molecule has 0 bridgehead atoms. The summed E-state index contributed by atoms with van der Waals surface area (Å²) >= 11 is 5.69. The number of imidazole rings is 1. The lowest BCUT2D eigenvalue weighted by atomic mass is 10.3. The number of hydrogen-bond acceptors (Lipinski definition) is 4. The lowest BCUT2D eigenvalue weighted by Crippen LogP contribution is -2.39. The third-order valence-corrected chi connectivity index (χ3v) is 2.71. The molecule has 2 aromatic heterocycles. The number of nitrogens with one attached hydrogen (secondary N) is 1. The molecule has 10 heteroatoms. The Morgan fingerprint density at radius 2 is 2.05 bits per heavy atom. The van der Waals surface area contributed by atoms with Gasteiger partial charge in [0.2, 0.25) is 0 Å². The van der Waals surface area contributed by atoms with Crippen molar-refractivity contribution in [1.82, 2.24) is 24.8 Å². The first-order valence-electron chi connectivity index (χ1n) is 5.66. The van der Waals surface area contributed by atoms with Gasteiger partial charge in [0.1, 0.15) is 6.54 Å². The molecule has 6 nitrogen and oxygen atoms in total. The zero-order chi connectivity index (χ0) is 15.5. The topological polar surface area (TPSA) is 74.8 Å². The van der Waals surface area contributed by atoms with Crippen molar-refractivity contribution in [3.63, 3.8) is 0 Å². The fourth-order valence-corrected chi connectivity index (χ4v) is 1.79. The second-order valence-electron chi connectivity index (χ2n) is 4.05. The van der Waals surface area contributed by atoms with Crippen LogP contribution in [0.5, 0.6) is 0 Å². The van der Waals surface area contributed by atoms with Gasteiger partial charge < -0.3 is 9.88 Å². The van der Waals surface area contributed by atoms with E-state index in [9.17, 15) is 18.0 Å². The Morgan fingerprint density at radius 1 is 1.33 bits per heavy atom. The highest BCUT2D eigenvalue weighted by Gasteiger charge is 2.34. The number of aromatic amines is 1. The van der Waals surface area contributed by atoms with Crippen molar-refractivity contribution in [2.45, 2.75) is 12.7 Å². The summed E-state index contributed by atoms with van der Waals surface area (Å²) in [4.78, 5) is 26.4. The van der Waals surface area contributed by atoms with Gasteiger partial charge >= 0.3 is 6.18 Å². The minimum atomic E-state index is -4.55. The highest BCUT2D eigenvalue weighted by molar-refractivity contribution is 6.32. The number of nitrogens with zero attached hydrogens (tertiary/aromatic N) is 4. The number of rotatable bonds is 4. The first kappa shape index (κ1) is 15.2. The van der Waals surface area contributed by atoms with E-state index >= 15 is 0 Å². The van der Waals surface area contributed by atoms with E-state index in [1.807, 2.05) is 0 Å². The highest BCUT2D eigenvalue weighted by Crippen LogP contribution is 2.20. The number of amides is 1. The van der Waals surface area contributed by atoms with Crippen LogP contribution in [-0.2, 0) is 6.54 Å². The van der Waals surface area contributed by atoms with Crippen molar-refractivity contribution in [3.05, 3.63) is 41.5 Å². The summed E-state index contributed by atoms with van der Waals surface area (Å²) in [6.07, 6.45) is 0.503. The van der Waals surface area contributed by atoms with E-state index in [-0.39, 0.29) is 17.4 Å². The predicted octanol–water partition coefficient (Wildman–Crippen LogP) is 2.06. The van der Waals surface area contributed by atoms with Gasteiger partial charge in [-0.1, -0.05) is 11.6 Å². The number of hydrogen-bond donors (Lipinski definition) is 1. The van der Waals surface area contributed by atoms with Gasteiger partial charge in [0.25, 0.3) is 5.91 Å². The molecule has 0 fully saturated rings. The van der Waals surface area contributed by atoms with Crippen molar-refractivity contribution in [3.8, 4) is 0 Å². The van der Waals surface area contributed by atoms with Gasteiger partial charge in [0.15, 0.2) is 10.8 Å². The molecule has 21 heavy (non-hydrogen) atoms. The third kappa shape index (κ3) is 4.15. The SMILES string of the molecule is O=C(c1nccnc1Cl)N(Cc1cnc[nH]1)CC(F)(F)F. The van der Waals surface area contributed by atoms with Crippen LogP contribution in [0.15, 0.2) is 24.9 Å². The standard InChI is InChI=1S/C11H9ClF3N5O/c12-9-8(17-1-2-18-9)10(21)20(5-11(13,14)15)4-7-3-16-6-19-7/h1-3,6H,4-5H2,(H,16,19). The Labute approximate surface area is 122 Å². The minimum Gasteiger partial charge on any atom is -0.347 e. The smallest absolute Gasteiger partial charge is 0.347 e. The van der Waals surface area contributed by atoms with Gasteiger partial charge in [-0.3, -0.25) is 4.79 Å². The van der Waals surface area contributed by atoms with E-state index < -0.39 is 18.6 Å². The molecule has 2 rings (SSSR count). The molecule has 0 aliphatic rings. The Bertz CT molecular complexity index is 617. The molecule has 0 saturated heterocycles. The summed E-state index contributed by atoms with van der Waals surface area (Å²) < 4.78 is 37.9. The normalized spacial score (nSPS) is 11.4. The number of carbonyl (C=O) groups excluding carboxylic acids is 1. The summed E-state index contributed by atoms with van der Waals surface area (Å²) in [7, 11) is 0. The number of halogens is 4. The molecule has 0 saturated carbocycles. The number of H-pyrrole nitrogens is 1. The molecular weight excluding hydrogens is 311 g/mol. The van der Waals surface area contributed by atoms with E-state index in [1.54, 1.807) is 0 Å². The van der Waals surface area contributed by atoms with Crippen LogP contribution in [0.25, 0.3) is 0 Å². The molecule has 0 aliphatic heterocycles. The van der Waals surface area contributed by atoms with Gasteiger partial charge in [0, 0.05) is 18.6 Å². The average molecular weight is 320 g/mol. The Hall–Kier alpha value is -2.16. The molecule has 112 valence electrons. The summed E-state index contributed by atoms with van der Waals surface area (Å²) in [6.45, 7) is -1.73. The molecule has 2 heterocycles. The maximum Gasteiger partial charge on any atom is 0.406 e. The largest absolute Gasteiger partial charge is 0.406 e. The lowest BCUT2D eigenvalue weighted by Gasteiger charge is -2.23. The summed E-state index contributed by atoms with van der Waals surface area (Å²) in [5.41, 5.74) is 0.0237. The molecule has 0 unspecified atom stereocenters. The van der Waals surface area contributed by atoms with Crippen LogP contribution in [-0.4, -0.2) is 43.5 Å². The first-order chi connectivity index (χ1) is 9.87. The van der Waals surface area contributed by atoms with Gasteiger partial charge in [-0.15, -0.1) is 0 Å². The van der Waals surface area contributed by atoms with Crippen molar-refractivity contribution in [1.29, 1.82) is 0 Å². The van der Waals surface area contributed by atoms with E-state index in [0.717, 1.165) is 0 Å². The van der Waals surface area contributed by atoms with E-state index in [1.165, 1.54) is 24.9 Å². The molecule has 0 spiro atoms. The van der Waals surface area contributed by atoms with Crippen molar-refractivity contribution < 1.29 is 18.0 Å². The highest BCUT2D eigenvalue weighted by atomic mass is 35.5. The minimum absolute atomic E-state index is 0.251. The van der Waals surface area contributed by atoms with Crippen LogP contribution < -0.4 is 0 Å². The maximum absolute atomic E-state index is 12.6. The molecule has 0 aliphatic carbocycles. The van der Waals surface area contributed by atoms with Crippen LogP contribution >= 0.6 is 11.6 Å². The summed E-state index contributed by atoms with van der Waals surface area (Å²) in [6, 6.07) is 0. The lowest BCUT2D eigenvalue weighted by molar-refractivity contribution is -0.141. The van der Waals surface area contributed by atoms with Gasteiger partial charge in [-0.2, -0.15) is 13.2 Å². The fourth-order valence-electron chi connectivity index (χ4n) is 1.61.